The SMILES string of the molecule is CC1=C(C)C2C=CC(=NC(=O)c3ccco3)C=C2NC1=O. The van der Waals surface area contributed by atoms with E-state index in [1.165, 1.54) is 6.26 Å². The van der Waals surface area contributed by atoms with Gasteiger partial charge in [0.05, 0.1) is 12.0 Å². The van der Waals surface area contributed by atoms with Crippen molar-refractivity contribution in [3.63, 3.8) is 0 Å². The lowest BCUT2D eigenvalue weighted by molar-refractivity contribution is -0.117. The van der Waals surface area contributed by atoms with Crippen LogP contribution >= 0.6 is 0 Å². The van der Waals surface area contributed by atoms with Crippen molar-refractivity contribution in [2.24, 2.45) is 10.9 Å². The van der Waals surface area contributed by atoms with Gasteiger partial charge in [-0.3, -0.25) is 9.59 Å². The third kappa shape index (κ3) is 2.38. The molecule has 5 heteroatoms. The van der Waals surface area contributed by atoms with Gasteiger partial charge in [0.25, 0.3) is 5.91 Å². The van der Waals surface area contributed by atoms with Gasteiger partial charge in [-0.1, -0.05) is 11.6 Å². The van der Waals surface area contributed by atoms with Gasteiger partial charge in [0, 0.05) is 17.2 Å². The van der Waals surface area contributed by atoms with Crippen LogP contribution in [0.3, 0.4) is 0 Å². The molecule has 2 aliphatic rings. The summed E-state index contributed by atoms with van der Waals surface area (Å²) in [6, 6.07) is 3.20. The van der Waals surface area contributed by atoms with Crippen molar-refractivity contribution in [1.82, 2.24) is 5.32 Å². The molecule has 1 aliphatic carbocycles. The maximum Gasteiger partial charge on any atom is 0.313 e. The van der Waals surface area contributed by atoms with Crippen LogP contribution in [0.1, 0.15) is 24.4 Å². The number of nitrogens with one attached hydrogen (secondary N) is 1. The molecule has 2 amide bonds. The van der Waals surface area contributed by atoms with Crippen molar-refractivity contribution in [1.29, 1.82) is 0 Å². The molecule has 0 saturated heterocycles. The molecule has 1 N–H and O–H groups in total. The molecular weight excluding hydrogens is 268 g/mol. The number of carbonyl (C=O) groups excluding carboxylic acids is 2. The zero-order valence-corrected chi connectivity index (χ0v) is 11.7. The summed E-state index contributed by atoms with van der Waals surface area (Å²) in [5, 5.41) is 2.83. The second-order valence-corrected chi connectivity index (χ2v) is 5.02. The number of fused-ring (bicyclic) bond motifs is 1. The standard InChI is InChI=1S/C16H14N2O3/c1-9-10(2)15(19)18-13-8-11(5-6-12(9)13)17-16(20)14-4-3-7-21-14/h3-8,12H,1-2H3,(H,18,19). The van der Waals surface area contributed by atoms with Crippen LogP contribution in [0.4, 0.5) is 0 Å². The number of amides is 2. The molecule has 1 aliphatic heterocycles. The molecule has 3 rings (SSSR count). The van der Waals surface area contributed by atoms with Gasteiger partial charge in [-0.05, 0) is 38.1 Å². The number of hydrogen-bond acceptors (Lipinski definition) is 3. The zero-order valence-electron chi connectivity index (χ0n) is 11.7. The van der Waals surface area contributed by atoms with Gasteiger partial charge in [0.15, 0.2) is 5.76 Å². The van der Waals surface area contributed by atoms with Crippen LogP contribution in [-0.2, 0) is 4.79 Å². The van der Waals surface area contributed by atoms with E-state index in [2.05, 4.69) is 10.3 Å². The van der Waals surface area contributed by atoms with E-state index in [1.807, 2.05) is 13.0 Å². The average molecular weight is 282 g/mol. The van der Waals surface area contributed by atoms with Gasteiger partial charge in [0.2, 0.25) is 0 Å². The van der Waals surface area contributed by atoms with E-state index in [9.17, 15) is 9.59 Å². The largest absolute Gasteiger partial charge is 0.459 e. The fourth-order valence-electron chi connectivity index (χ4n) is 2.37. The quantitative estimate of drug-likeness (QED) is 0.859. The molecule has 0 aromatic carbocycles. The van der Waals surface area contributed by atoms with E-state index >= 15 is 0 Å². The highest BCUT2D eigenvalue weighted by Crippen LogP contribution is 2.29. The lowest BCUT2D eigenvalue weighted by Crippen LogP contribution is -2.35. The van der Waals surface area contributed by atoms with E-state index in [1.54, 1.807) is 31.2 Å². The Hall–Kier alpha value is -2.69. The molecule has 1 aromatic heterocycles. The summed E-state index contributed by atoms with van der Waals surface area (Å²) in [7, 11) is 0. The number of rotatable bonds is 1. The van der Waals surface area contributed by atoms with E-state index in [0.29, 0.717) is 5.71 Å². The summed E-state index contributed by atoms with van der Waals surface area (Å²) in [6.45, 7) is 3.74. The molecule has 2 heterocycles. The lowest BCUT2D eigenvalue weighted by Gasteiger charge is -2.28. The molecule has 5 nitrogen and oxygen atoms in total. The Kier molecular flexibility index (Phi) is 3.17. The third-order valence-corrected chi connectivity index (χ3v) is 3.72. The lowest BCUT2D eigenvalue weighted by atomic mass is 9.85. The molecule has 106 valence electrons. The van der Waals surface area contributed by atoms with Crippen molar-refractivity contribution in [2.75, 3.05) is 0 Å². The average Bonchev–Trinajstić information content (AvgIpc) is 2.99. The fourth-order valence-corrected chi connectivity index (χ4v) is 2.37. The van der Waals surface area contributed by atoms with Gasteiger partial charge in [-0.25, -0.2) is 4.99 Å². The molecular formula is C16H14N2O3. The predicted octanol–water partition coefficient (Wildman–Crippen LogP) is 2.40. The Balaban J connectivity index is 1.90. The van der Waals surface area contributed by atoms with Crippen molar-refractivity contribution in [3.8, 4) is 0 Å². The maximum atomic E-state index is 11.9. The Morgan fingerprint density at radius 2 is 2.19 bits per heavy atom. The third-order valence-electron chi connectivity index (χ3n) is 3.72. The zero-order chi connectivity index (χ0) is 15.0. The predicted molar refractivity (Wildman–Crippen MR) is 77.7 cm³/mol. The topological polar surface area (TPSA) is 71.7 Å². The van der Waals surface area contributed by atoms with Crippen LogP contribution in [0.15, 0.2) is 62.9 Å². The summed E-state index contributed by atoms with van der Waals surface area (Å²) in [4.78, 5) is 27.7. The van der Waals surface area contributed by atoms with Crippen molar-refractivity contribution in [3.05, 3.63) is 59.2 Å². The first-order valence-electron chi connectivity index (χ1n) is 6.61. The van der Waals surface area contributed by atoms with Crippen LogP contribution in [0, 0.1) is 5.92 Å². The molecule has 0 radical (unpaired) electrons. The first kappa shape index (κ1) is 13.3. The number of carbonyl (C=O) groups is 2. The van der Waals surface area contributed by atoms with Crippen molar-refractivity contribution < 1.29 is 14.0 Å². The Bertz CT molecular complexity index is 734. The highest BCUT2D eigenvalue weighted by atomic mass is 16.3. The van der Waals surface area contributed by atoms with E-state index in [4.69, 9.17) is 4.42 Å². The normalized spacial score (nSPS) is 23.0. The van der Waals surface area contributed by atoms with Crippen LogP contribution in [0.25, 0.3) is 0 Å². The number of aliphatic imine (C=N–C) groups is 1. The minimum absolute atomic E-state index is 0.0420. The summed E-state index contributed by atoms with van der Waals surface area (Å²) in [5.41, 5.74) is 2.98. The molecule has 1 aromatic rings. The number of allylic oxidation sites excluding steroid dienone is 3. The molecule has 0 fully saturated rings. The minimum atomic E-state index is -0.444. The Morgan fingerprint density at radius 3 is 2.90 bits per heavy atom. The van der Waals surface area contributed by atoms with Crippen molar-refractivity contribution in [2.45, 2.75) is 13.8 Å². The summed E-state index contributed by atoms with van der Waals surface area (Å²) in [6.07, 6.45) is 6.86. The molecule has 0 spiro atoms. The van der Waals surface area contributed by atoms with Crippen LogP contribution in [-0.4, -0.2) is 17.5 Å². The smallest absolute Gasteiger partial charge is 0.313 e. The van der Waals surface area contributed by atoms with E-state index in [-0.39, 0.29) is 17.6 Å². The fraction of sp³-hybridized carbons (Fsp3) is 0.188. The van der Waals surface area contributed by atoms with Crippen LogP contribution in [0.2, 0.25) is 0 Å². The maximum absolute atomic E-state index is 11.9. The van der Waals surface area contributed by atoms with Gasteiger partial charge < -0.3 is 9.73 Å². The Labute approximate surface area is 121 Å². The minimum Gasteiger partial charge on any atom is -0.459 e. The first-order chi connectivity index (χ1) is 10.1. The molecule has 0 saturated carbocycles. The van der Waals surface area contributed by atoms with Gasteiger partial charge in [-0.15, -0.1) is 0 Å². The molecule has 1 unspecified atom stereocenters. The summed E-state index contributed by atoms with van der Waals surface area (Å²) >= 11 is 0. The van der Waals surface area contributed by atoms with Gasteiger partial charge in [-0.2, -0.15) is 0 Å². The van der Waals surface area contributed by atoms with Crippen molar-refractivity contribution >= 4 is 17.5 Å². The Morgan fingerprint density at radius 1 is 1.38 bits per heavy atom. The second-order valence-electron chi connectivity index (χ2n) is 5.02. The number of nitrogens with zero attached hydrogens (tertiary/aromatic N) is 1. The monoisotopic (exact) mass is 282 g/mol. The second kappa shape index (κ2) is 5.01. The van der Waals surface area contributed by atoms with E-state index in [0.717, 1.165) is 16.8 Å². The molecule has 0 bridgehead atoms. The van der Waals surface area contributed by atoms with Crippen LogP contribution < -0.4 is 5.32 Å². The van der Waals surface area contributed by atoms with E-state index < -0.39 is 5.91 Å². The molecule has 1 atom stereocenters. The number of furan rings is 1. The van der Waals surface area contributed by atoms with Crippen LogP contribution in [0.5, 0.6) is 0 Å². The number of hydrogen-bond donors (Lipinski definition) is 1. The van der Waals surface area contributed by atoms with Gasteiger partial charge in [0.1, 0.15) is 0 Å². The summed E-state index contributed by atoms with van der Waals surface area (Å²) in [5.74, 6) is -0.320. The molecule has 21 heavy (non-hydrogen) atoms. The van der Waals surface area contributed by atoms with Gasteiger partial charge >= 0.3 is 5.91 Å². The highest BCUT2D eigenvalue weighted by Gasteiger charge is 2.27. The summed E-state index contributed by atoms with van der Waals surface area (Å²) < 4.78 is 5.01. The first-order valence-corrected chi connectivity index (χ1v) is 6.61. The highest BCUT2D eigenvalue weighted by molar-refractivity contribution is 6.13.